The zero-order valence-corrected chi connectivity index (χ0v) is 62.3. The van der Waals surface area contributed by atoms with Crippen molar-refractivity contribution < 1.29 is 80.2 Å². The van der Waals surface area contributed by atoms with E-state index in [4.69, 9.17) is 37.0 Å². The quantitative estimate of drug-likeness (QED) is 0.0128. The third kappa shape index (κ3) is 69.8. The smallest absolute Gasteiger partial charge is 0.462 e. The van der Waals surface area contributed by atoms with Crippen molar-refractivity contribution in [2.75, 3.05) is 46.2 Å². The molecule has 0 aromatic carbocycles. The molecule has 0 saturated carbocycles. The molecule has 0 aromatic heterocycles. The van der Waals surface area contributed by atoms with Crippen LogP contribution in [0.1, 0.15) is 380 Å². The van der Waals surface area contributed by atoms with Crippen LogP contribution in [0.4, 0.5) is 0 Å². The predicted molar refractivity (Wildman–Crippen MR) is 382 cm³/mol. The average Bonchev–Trinajstić information content (AvgIpc) is 1.36. The van der Waals surface area contributed by atoms with E-state index in [1.807, 2.05) is 0 Å². The van der Waals surface area contributed by atoms with Gasteiger partial charge in [0.1, 0.15) is 25.1 Å². The summed E-state index contributed by atoms with van der Waals surface area (Å²) in [6.07, 6.45) is 62.4. The van der Waals surface area contributed by atoms with Crippen LogP contribution >= 0.6 is 15.6 Å². The summed E-state index contributed by atoms with van der Waals surface area (Å²) in [4.78, 5) is 70.5. The lowest BCUT2D eigenvalue weighted by atomic mass is 10.0. The summed E-state index contributed by atoms with van der Waals surface area (Å²) in [5.41, 5.74) is 0. The van der Waals surface area contributed by atoms with E-state index in [9.17, 15) is 43.2 Å². The van der Waals surface area contributed by atoms with Gasteiger partial charge in [0, 0.05) is 32.3 Å². The van der Waals surface area contributed by atoms with Crippen molar-refractivity contribution in [3.63, 3.8) is 0 Å². The van der Waals surface area contributed by atoms with Crippen LogP contribution in [0.25, 0.3) is 0 Å². The Labute approximate surface area is 574 Å². The van der Waals surface area contributed by atoms with Crippen molar-refractivity contribution in [1.29, 1.82) is 0 Å². The van der Waals surface area contributed by atoms with Crippen LogP contribution in [0.5, 0.6) is 0 Å². The maximum absolute atomic E-state index is 13.1. The number of hydrogen-bond acceptors (Lipinski definition) is 15. The highest BCUT2D eigenvalue weighted by Gasteiger charge is 2.30. The van der Waals surface area contributed by atoms with Gasteiger partial charge in [-0.3, -0.25) is 32.5 Å². The first-order chi connectivity index (χ1) is 45.8. The van der Waals surface area contributed by atoms with Gasteiger partial charge in [0.25, 0.3) is 0 Å². The number of carbonyl (C=O) groups excluding carboxylic acids is 4. The SMILES string of the molecule is CCCCCCCCCCCCCCCC(=O)OC[C@H](COP(=O)(O)OC[C@H](O)COP(=O)(O)OC[C@@H](COCCCCCCCCC/C=C\CCCCCCC=O)OC(=O)CCCCCCCCCCCCCCC)OC(=O)CCCCCCCCCCCCCCC. The van der Waals surface area contributed by atoms with E-state index in [0.717, 1.165) is 115 Å². The van der Waals surface area contributed by atoms with Crippen LogP contribution in [0, 0.1) is 0 Å². The van der Waals surface area contributed by atoms with Crippen LogP contribution in [0.3, 0.4) is 0 Å². The fraction of sp³-hybridized carbons (Fsp3) is 0.920. The number of hydrogen-bond donors (Lipinski definition) is 3. The van der Waals surface area contributed by atoms with Crippen molar-refractivity contribution in [3.05, 3.63) is 12.2 Å². The van der Waals surface area contributed by atoms with E-state index < -0.39 is 84.9 Å². The Kier molecular flexibility index (Phi) is 69.3. The highest BCUT2D eigenvalue weighted by molar-refractivity contribution is 7.47. The van der Waals surface area contributed by atoms with Gasteiger partial charge >= 0.3 is 33.6 Å². The van der Waals surface area contributed by atoms with E-state index in [1.54, 1.807) is 0 Å². The molecule has 3 N–H and O–H groups in total. The van der Waals surface area contributed by atoms with Crippen LogP contribution in [-0.4, -0.2) is 104 Å². The predicted octanol–water partition coefficient (Wildman–Crippen LogP) is 21.7. The molecule has 0 rings (SSSR count). The Morgan fingerprint density at radius 3 is 0.926 bits per heavy atom. The lowest BCUT2D eigenvalue weighted by Crippen LogP contribution is -2.30. The number of phosphoric acid groups is 2. The maximum Gasteiger partial charge on any atom is 0.472 e. The summed E-state index contributed by atoms with van der Waals surface area (Å²) in [5.74, 6) is -1.50. The van der Waals surface area contributed by atoms with Gasteiger partial charge < -0.3 is 38.6 Å². The number of aliphatic hydroxyl groups excluding tert-OH is 1. The van der Waals surface area contributed by atoms with Gasteiger partial charge in [-0.15, -0.1) is 0 Å². The van der Waals surface area contributed by atoms with E-state index in [2.05, 4.69) is 32.9 Å². The number of allylic oxidation sites excluding steroid dienone is 2. The molecule has 556 valence electrons. The first kappa shape index (κ1) is 92.0. The van der Waals surface area contributed by atoms with Crippen molar-refractivity contribution in [1.82, 2.24) is 0 Å². The number of phosphoric ester groups is 2. The normalized spacial score (nSPS) is 14.0. The topological polar surface area (TPSA) is 237 Å². The molecule has 0 spiro atoms. The van der Waals surface area contributed by atoms with Crippen molar-refractivity contribution in [2.45, 2.75) is 399 Å². The molecule has 0 aliphatic carbocycles. The second-order valence-corrected chi connectivity index (χ2v) is 29.5. The third-order valence-corrected chi connectivity index (χ3v) is 19.2. The van der Waals surface area contributed by atoms with E-state index >= 15 is 0 Å². The van der Waals surface area contributed by atoms with Crippen molar-refractivity contribution >= 4 is 39.8 Å². The van der Waals surface area contributed by atoms with E-state index in [0.29, 0.717) is 32.3 Å². The summed E-state index contributed by atoms with van der Waals surface area (Å²) >= 11 is 0. The summed E-state index contributed by atoms with van der Waals surface area (Å²) in [6, 6.07) is 0. The zero-order valence-electron chi connectivity index (χ0n) is 60.5. The van der Waals surface area contributed by atoms with Crippen LogP contribution in [0.15, 0.2) is 12.2 Å². The molecule has 0 aliphatic rings. The Bertz CT molecular complexity index is 1810. The summed E-state index contributed by atoms with van der Waals surface area (Å²) in [6.45, 7) is 3.76. The highest BCUT2D eigenvalue weighted by atomic mass is 31.2. The number of unbranched alkanes of at least 4 members (excludes halogenated alkanes) is 48. The Morgan fingerprint density at radius 1 is 0.330 bits per heavy atom. The maximum atomic E-state index is 13.1. The van der Waals surface area contributed by atoms with Gasteiger partial charge in [0.05, 0.1) is 33.0 Å². The minimum absolute atomic E-state index is 0.0677. The number of carbonyl (C=O) groups is 4. The van der Waals surface area contributed by atoms with Gasteiger partial charge in [0.15, 0.2) is 6.10 Å². The molecule has 94 heavy (non-hydrogen) atoms. The lowest BCUT2D eigenvalue weighted by molar-refractivity contribution is -0.161. The summed E-state index contributed by atoms with van der Waals surface area (Å²) < 4.78 is 69.2. The summed E-state index contributed by atoms with van der Waals surface area (Å²) in [5, 5.41) is 10.6. The number of rotatable bonds is 77. The average molecular weight is 1380 g/mol. The molecule has 19 heteroatoms. The Morgan fingerprint density at radius 2 is 0.596 bits per heavy atom. The zero-order chi connectivity index (χ0) is 68.8. The molecule has 2 unspecified atom stereocenters. The van der Waals surface area contributed by atoms with Crippen molar-refractivity contribution in [2.24, 2.45) is 0 Å². The minimum Gasteiger partial charge on any atom is -0.462 e. The van der Waals surface area contributed by atoms with Crippen LogP contribution in [-0.2, 0) is 65.4 Å². The third-order valence-electron chi connectivity index (χ3n) is 17.3. The highest BCUT2D eigenvalue weighted by Crippen LogP contribution is 2.45. The second-order valence-electron chi connectivity index (χ2n) is 26.6. The first-order valence-electron chi connectivity index (χ1n) is 38.9. The van der Waals surface area contributed by atoms with E-state index in [-0.39, 0.29) is 25.9 Å². The number of esters is 3. The molecule has 0 fully saturated rings. The van der Waals surface area contributed by atoms with Gasteiger partial charge in [-0.25, -0.2) is 9.13 Å². The molecule has 0 aliphatic heterocycles. The number of ether oxygens (including phenoxy) is 4. The van der Waals surface area contributed by atoms with Crippen LogP contribution in [0.2, 0.25) is 0 Å². The molecular weight excluding hydrogens is 1230 g/mol. The monoisotopic (exact) mass is 1380 g/mol. The van der Waals surface area contributed by atoms with Gasteiger partial charge in [-0.05, 0) is 57.8 Å². The van der Waals surface area contributed by atoms with Gasteiger partial charge in [-0.2, -0.15) is 0 Å². The molecular formula is C75H144O17P2. The second kappa shape index (κ2) is 70.8. The minimum atomic E-state index is -4.93. The number of aliphatic hydroxyl groups is 1. The Hall–Kier alpha value is -2.04. The van der Waals surface area contributed by atoms with Gasteiger partial charge in [0.2, 0.25) is 0 Å². The molecule has 0 amide bonds. The summed E-state index contributed by atoms with van der Waals surface area (Å²) in [7, 11) is -9.80. The standard InChI is InChI=1S/C75H144O17P2/c1-4-7-10-13-16-19-22-29-34-39-44-49-54-59-73(78)86-67-72(92-75(80)61-56-51-46-41-36-31-24-21-18-15-12-9-6-3)69-90-94(83,84)88-65-70(77)64-87-93(81,82)89-68-71(91-74(79)60-55-50-45-40-35-30-23-20-17-14-11-8-5-2)66-85-63-58-53-48-43-38-33-28-26-25-27-32-37-42-47-52-57-62-76/h25,27,62,70-72,77H,4-24,26,28-61,63-69H2,1-3H3,(H,81,82)(H,83,84)/b27-25-/t70-,71-,72-/m1/s1. The largest absolute Gasteiger partial charge is 0.472 e. The van der Waals surface area contributed by atoms with Gasteiger partial charge in [-0.1, -0.05) is 309 Å². The molecule has 0 radical (unpaired) electrons. The molecule has 0 saturated heterocycles. The molecule has 5 atom stereocenters. The molecule has 17 nitrogen and oxygen atoms in total. The molecule has 0 aromatic rings. The molecule has 0 heterocycles. The fourth-order valence-corrected chi connectivity index (χ4v) is 12.9. The molecule has 0 bridgehead atoms. The Balaban J connectivity index is 5.19. The van der Waals surface area contributed by atoms with E-state index in [1.165, 1.54) is 205 Å². The van der Waals surface area contributed by atoms with Crippen LogP contribution < -0.4 is 0 Å². The number of aldehydes is 1. The fourth-order valence-electron chi connectivity index (χ4n) is 11.3. The van der Waals surface area contributed by atoms with Crippen molar-refractivity contribution in [3.8, 4) is 0 Å². The first-order valence-corrected chi connectivity index (χ1v) is 41.9. The lowest BCUT2D eigenvalue weighted by Gasteiger charge is -2.21.